The molecular weight excluding hydrogens is 284 g/mol. The summed E-state index contributed by atoms with van der Waals surface area (Å²) in [7, 11) is 0. The van der Waals surface area contributed by atoms with E-state index in [1.165, 1.54) is 17.5 Å². The zero-order valence-electron chi connectivity index (χ0n) is 13.6. The van der Waals surface area contributed by atoms with E-state index >= 15 is 0 Å². The molecule has 0 saturated heterocycles. The van der Waals surface area contributed by atoms with Crippen molar-refractivity contribution in [3.05, 3.63) is 71.3 Å². The second-order valence-electron chi connectivity index (χ2n) is 6.57. The van der Waals surface area contributed by atoms with Crippen LogP contribution in [0.5, 0.6) is 0 Å². The van der Waals surface area contributed by atoms with Crippen molar-refractivity contribution < 1.29 is 4.79 Å². The molecule has 1 amide bonds. The Morgan fingerprint density at radius 2 is 1.87 bits per heavy atom. The number of amides is 1. The van der Waals surface area contributed by atoms with Crippen LogP contribution in [0.25, 0.3) is 0 Å². The van der Waals surface area contributed by atoms with E-state index in [-0.39, 0.29) is 5.91 Å². The standard InChI is InChI=1S/C20H24N2O/c1-20(21,17-11-3-2-4-12-17)19(23)22-14-16-10-7-9-15-8-5-6-13-18(15)16/h2-6,8,11-13,16H,7,9-10,14,21H2,1H3,(H,22,23). The maximum Gasteiger partial charge on any atom is 0.244 e. The van der Waals surface area contributed by atoms with E-state index in [1.807, 2.05) is 30.3 Å². The third-order valence-corrected chi connectivity index (χ3v) is 4.85. The van der Waals surface area contributed by atoms with E-state index in [1.54, 1.807) is 6.92 Å². The molecular formula is C20H24N2O. The number of nitrogens with one attached hydrogen (secondary N) is 1. The summed E-state index contributed by atoms with van der Waals surface area (Å²) in [6, 6.07) is 18.1. The summed E-state index contributed by atoms with van der Waals surface area (Å²) in [5.41, 5.74) is 8.90. The van der Waals surface area contributed by atoms with Crippen LogP contribution < -0.4 is 11.1 Å². The van der Waals surface area contributed by atoms with Crippen LogP contribution in [0.2, 0.25) is 0 Å². The van der Waals surface area contributed by atoms with Crippen LogP contribution in [-0.4, -0.2) is 12.5 Å². The average Bonchev–Trinajstić information content (AvgIpc) is 2.60. The van der Waals surface area contributed by atoms with Gasteiger partial charge < -0.3 is 11.1 Å². The van der Waals surface area contributed by atoms with Crippen molar-refractivity contribution in [2.24, 2.45) is 5.73 Å². The average molecular weight is 308 g/mol. The van der Waals surface area contributed by atoms with Crippen molar-refractivity contribution in [2.45, 2.75) is 37.6 Å². The summed E-state index contributed by atoms with van der Waals surface area (Å²) in [6.45, 7) is 2.42. The third-order valence-electron chi connectivity index (χ3n) is 4.85. The summed E-state index contributed by atoms with van der Waals surface area (Å²) in [6.07, 6.45) is 3.43. The molecule has 3 N–H and O–H groups in total. The molecule has 2 unspecified atom stereocenters. The number of benzene rings is 2. The molecule has 3 rings (SSSR count). The van der Waals surface area contributed by atoms with Gasteiger partial charge in [-0.3, -0.25) is 4.79 Å². The normalized spacial score (nSPS) is 19.5. The van der Waals surface area contributed by atoms with Crippen LogP contribution in [0, 0.1) is 0 Å². The first-order valence-electron chi connectivity index (χ1n) is 8.29. The van der Waals surface area contributed by atoms with E-state index in [0.717, 1.165) is 18.4 Å². The highest BCUT2D eigenvalue weighted by Gasteiger charge is 2.31. The monoisotopic (exact) mass is 308 g/mol. The lowest BCUT2D eigenvalue weighted by atomic mass is 9.82. The summed E-state index contributed by atoms with van der Waals surface area (Å²) < 4.78 is 0. The van der Waals surface area contributed by atoms with Crippen LogP contribution >= 0.6 is 0 Å². The van der Waals surface area contributed by atoms with Crippen molar-refractivity contribution in [2.75, 3.05) is 6.54 Å². The van der Waals surface area contributed by atoms with Gasteiger partial charge in [-0.2, -0.15) is 0 Å². The fourth-order valence-corrected chi connectivity index (χ4v) is 3.38. The van der Waals surface area contributed by atoms with Gasteiger partial charge in [-0.15, -0.1) is 0 Å². The van der Waals surface area contributed by atoms with Gasteiger partial charge in [0.05, 0.1) is 0 Å². The van der Waals surface area contributed by atoms with Gasteiger partial charge in [0, 0.05) is 12.5 Å². The second kappa shape index (κ2) is 6.55. The van der Waals surface area contributed by atoms with Gasteiger partial charge in [0.15, 0.2) is 0 Å². The molecule has 0 bridgehead atoms. The highest BCUT2D eigenvalue weighted by molar-refractivity contribution is 5.87. The molecule has 0 aromatic heterocycles. The molecule has 0 fully saturated rings. The van der Waals surface area contributed by atoms with Gasteiger partial charge in [-0.25, -0.2) is 0 Å². The van der Waals surface area contributed by atoms with Crippen molar-refractivity contribution in [3.63, 3.8) is 0 Å². The zero-order valence-corrected chi connectivity index (χ0v) is 13.6. The molecule has 3 heteroatoms. The molecule has 0 spiro atoms. The number of carbonyl (C=O) groups is 1. The molecule has 0 radical (unpaired) electrons. The van der Waals surface area contributed by atoms with E-state index in [4.69, 9.17) is 5.73 Å². The number of nitrogens with two attached hydrogens (primary N) is 1. The number of fused-ring (bicyclic) bond motifs is 1. The van der Waals surface area contributed by atoms with Crippen LogP contribution in [-0.2, 0) is 16.8 Å². The Bertz CT molecular complexity index is 679. The van der Waals surface area contributed by atoms with Crippen LogP contribution in [0.4, 0.5) is 0 Å². The molecule has 120 valence electrons. The zero-order chi connectivity index (χ0) is 16.3. The lowest BCUT2D eigenvalue weighted by molar-refractivity contribution is -0.126. The van der Waals surface area contributed by atoms with Gasteiger partial charge in [-0.05, 0) is 42.9 Å². The maximum atomic E-state index is 12.6. The molecule has 1 aliphatic rings. The third kappa shape index (κ3) is 3.30. The fraction of sp³-hybridized carbons (Fsp3) is 0.350. The SMILES string of the molecule is CC(N)(C(=O)NCC1CCCc2ccccc21)c1ccccc1. The molecule has 1 aliphatic carbocycles. The first-order valence-corrected chi connectivity index (χ1v) is 8.29. The highest BCUT2D eigenvalue weighted by atomic mass is 16.2. The Morgan fingerprint density at radius 3 is 2.65 bits per heavy atom. The first kappa shape index (κ1) is 15.8. The van der Waals surface area contributed by atoms with Gasteiger partial charge in [0.1, 0.15) is 5.54 Å². The van der Waals surface area contributed by atoms with E-state index in [0.29, 0.717) is 12.5 Å². The van der Waals surface area contributed by atoms with Crippen molar-refractivity contribution in [3.8, 4) is 0 Å². The number of aryl methyl sites for hydroxylation is 1. The summed E-state index contributed by atoms with van der Waals surface area (Å²) in [4.78, 5) is 12.6. The maximum absolute atomic E-state index is 12.6. The van der Waals surface area contributed by atoms with Crippen molar-refractivity contribution in [1.29, 1.82) is 0 Å². The predicted octanol–water partition coefficient (Wildman–Crippen LogP) is 3.10. The van der Waals surface area contributed by atoms with Gasteiger partial charge in [0.2, 0.25) is 5.91 Å². The predicted molar refractivity (Wildman–Crippen MR) is 93.1 cm³/mol. The Kier molecular flexibility index (Phi) is 4.49. The molecule has 0 aliphatic heterocycles. The van der Waals surface area contributed by atoms with Crippen molar-refractivity contribution >= 4 is 5.91 Å². The largest absolute Gasteiger partial charge is 0.354 e. The second-order valence-corrected chi connectivity index (χ2v) is 6.57. The number of carbonyl (C=O) groups excluding carboxylic acids is 1. The van der Waals surface area contributed by atoms with Gasteiger partial charge >= 0.3 is 0 Å². The molecule has 2 aromatic carbocycles. The lowest BCUT2D eigenvalue weighted by Gasteiger charge is -2.28. The Morgan fingerprint density at radius 1 is 1.17 bits per heavy atom. The van der Waals surface area contributed by atoms with Crippen LogP contribution in [0.15, 0.2) is 54.6 Å². The van der Waals surface area contributed by atoms with E-state index < -0.39 is 5.54 Å². The Labute approximate surface area is 137 Å². The summed E-state index contributed by atoms with van der Waals surface area (Å²) in [5, 5.41) is 3.07. The van der Waals surface area contributed by atoms with E-state index in [2.05, 4.69) is 29.6 Å². The smallest absolute Gasteiger partial charge is 0.244 e. The lowest BCUT2D eigenvalue weighted by Crippen LogP contribution is -2.50. The summed E-state index contributed by atoms with van der Waals surface area (Å²) in [5.74, 6) is 0.266. The molecule has 2 atom stereocenters. The quantitative estimate of drug-likeness (QED) is 0.912. The minimum atomic E-state index is -1.00. The minimum absolute atomic E-state index is 0.119. The summed E-state index contributed by atoms with van der Waals surface area (Å²) >= 11 is 0. The first-order chi connectivity index (χ1) is 11.1. The highest BCUT2D eigenvalue weighted by Crippen LogP contribution is 2.31. The topological polar surface area (TPSA) is 55.1 Å². The molecule has 0 saturated carbocycles. The number of hydrogen-bond donors (Lipinski definition) is 2. The fourth-order valence-electron chi connectivity index (χ4n) is 3.38. The van der Waals surface area contributed by atoms with Crippen LogP contribution in [0.3, 0.4) is 0 Å². The van der Waals surface area contributed by atoms with Gasteiger partial charge in [0.25, 0.3) is 0 Å². The molecule has 2 aromatic rings. The number of hydrogen-bond acceptors (Lipinski definition) is 2. The van der Waals surface area contributed by atoms with Gasteiger partial charge in [-0.1, -0.05) is 54.6 Å². The minimum Gasteiger partial charge on any atom is -0.354 e. The van der Waals surface area contributed by atoms with E-state index in [9.17, 15) is 4.79 Å². The molecule has 3 nitrogen and oxygen atoms in total. The Hall–Kier alpha value is -2.13. The number of rotatable bonds is 4. The molecule has 0 heterocycles. The van der Waals surface area contributed by atoms with Crippen LogP contribution in [0.1, 0.15) is 42.4 Å². The Balaban J connectivity index is 1.68. The molecule has 23 heavy (non-hydrogen) atoms. The van der Waals surface area contributed by atoms with Crippen molar-refractivity contribution in [1.82, 2.24) is 5.32 Å².